The molecule has 2 aromatic rings. The normalized spacial score (nSPS) is 15.3. The molecule has 9 N–H and O–H groups in total. The average Bonchev–Trinajstić information content (AvgIpc) is 3.20. The number of rotatable bonds is 14. The molecule has 1 aliphatic heterocycles. The van der Waals surface area contributed by atoms with E-state index in [2.05, 4.69) is 10.6 Å². The summed E-state index contributed by atoms with van der Waals surface area (Å²) in [5.74, 6) is -1.55. The van der Waals surface area contributed by atoms with Gasteiger partial charge in [-0.05, 0) is 54.6 Å². The Morgan fingerprint density at radius 1 is 1.02 bits per heavy atom. The molecule has 0 saturated heterocycles. The second kappa shape index (κ2) is 15.0. The van der Waals surface area contributed by atoms with Gasteiger partial charge in [-0.3, -0.25) is 14.4 Å². The molecule has 1 heterocycles. The van der Waals surface area contributed by atoms with E-state index in [1.165, 1.54) is 17.0 Å². The first-order valence-corrected chi connectivity index (χ1v) is 14.3. The van der Waals surface area contributed by atoms with Crippen LogP contribution in [0.25, 0.3) is 0 Å². The Labute approximate surface area is 254 Å². The van der Waals surface area contributed by atoms with Crippen LogP contribution in [0.15, 0.2) is 42.5 Å². The highest BCUT2D eigenvalue weighted by Gasteiger charge is 2.40. The Morgan fingerprint density at radius 3 is 2.23 bits per heavy atom. The van der Waals surface area contributed by atoms with Crippen molar-refractivity contribution in [2.75, 3.05) is 26.2 Å². The molecule has 11 nitrogen and oxygen atoms in total. The molecule has 0 spiro atoms. The predicted octanol–water partition coefficient (Wildman–Crippen LogP) is -0.145. The molecule has 44 heavy (non-hydrogen) atoms. The van der Waals surface area contributed by atoms with Gasteiger partial charge in [0.15, 0.2) is 0 Å². The van der Waals surface area contributed by atoms with Crippen LogP contribution in [-0.4, -0.2) is 73.0 Å². The molecule has 2 aromatic carbocycles. The minimum atomic E-state index is -4.52. The highest BCUT2D eigenvalue weighted by molar-refractivity contribution is 6.61. The lowest BCUT2D eigenvalue weighted by Gasteiger charge is -2.23. The minimum Gasteiger partial charge on any atom is -0.423 e. The maximum Gasteiger partial charge on any atom is 0.492 e. The van der Waals surface area contributed by atoms with Gasteiger partial charge in [0.25, 0.3) is 0 Å². The second-order valence-corrected chi connectivity index (χ2v) is 11.2. The SMILES string of the molecule is CC1(C)OB(O)c2ccc(CNC(=O)C(Cc3ccc(C(F)(F)F)cc3)NC(=O)C(N)CCC(=O)N(CCN)CCN)cc21. The van der Waals surface area contributed by atoms with E-state index >= 15 is 0 Å². The summed E-state index contributed by atoms with van der Waals surface area (Å²) < 4.78 is 44.7. The van der Waals surface area contributed by atoms with E-state index in [0.717, 1.165) is 17.7 Å². The highest BCUT2D eigenvalue weighted by Crippen LogP contribution is 2.31. The number of benzene rings is 2. The van der Waals surface area contributed by atoms with Gasteiger partial charge >= 0.3 is 13.3 Å². The summed E-state index contributed by atoms with van der Waals surface area (Å²) in [6, 6.07) is 7.22. The maximum atomic E-state index is 13.3. The first-order valence-electron chi connectivity index (χ1n) is 14.3. The number of halogens is 3. The molecule has 0 saturated carbocycles. The summed E-state index contributed by atoms with van der Waals surface area (Å²) in [5.41, 5.74) is 18.0. The Bertz CT molecular complexity index is 1310. The highest BCUT2D eigenvalue weighted by atomic mass is 19.4. The number of nitrogens with one attached hydrogen (secondary N) is 2. The number of carbonyl (C=O) groups excluding carboxylic acids is 3. The quantitative estimate of drug-likeness (QED) is 0.158. The third kappa shape index (κ3) is 9.25. The second-order valence-electron chi connectivity index (χ2n) is 11.2. The molecule has 0 radical (unpaired) electrons. The van der Waals surface area contributed by atoms with Gasteiger partial charge in [-0.15, -0.1) is 0 Å². The van der Waals surface area contributed by atoms with Crippen molar-refractivity contribution in [2.45, 2.75) is 63.5 Å². The number of carbonyl (C=O) groups is 3. The van der Waals surface area contributed by atoms with Gasteiger partial charge in [-0.25, -0.2) is 0 Å². The molecular weight excluding hydrogens is 580 g/mol. The van der Waals surface area contributed by atoms with Gasteiger partial charge in [-0.1, -0.05) is 30.3 Å². The lowest BCUT2D eigenvalue weighted by Crippen LogP contribution is -2.52. The third-order valence-corrected chi connectivity index (χ3v) is 7.42. The van der Waals surface area contributed by atoms with Gasteiger partial charge in [0.05, 0.1) is 17.2 Å². The van der Waals surface area contributed by atoms with Crippen LogP contribution in [0.4, 0.5) is 13.2 Å². The van der Waals surface area contributed by atoms with Crippen molar-refractivity contribution in [3.05, 3.63) is 64.7 Å². The average molecular weight is 620 g/mol. The lowest BCUT2D eigenvalue weighted by atomic mass is 9.78. The zero-order chi connectivity index (χ0) is 32.7. The van der Waals surface area contributed by atoms with E-state index in [0.29, 0.717) is 29.7 Å². The molecule has 2 unspecified atom stereocenters. The molecule has 0 aromatic heterocycles. The minimum absolute atomic E-state index is 0.0102. The lowest BCUT2D eigenvalue weighted by molar-refractivity contribution is -0.137. The number of nitrogens with zero attached hydrogens (tertiary/aromatic N) is 1. The van der Waals surface area contributed by atoms with Gasteiger partial charge in [0, 0.05) is 45.6 Å². The third-order valence-electron chi connectivity index (χ3n) is 7.42. The van der Waals surface area contributed by atoms with Gasteiger partial charge in [0.1, 0.15) is 6.04 Å². The summed E-state index contributed by atoms with van der Waals surface area (Å²) in [4.78, 5) is 40.3. The van der Waals surface area contributed by atoms with Crippen molar-refractivity contribution in [3.8, 4) is 0 Å². The number of hydrogen-bond donors (Lipinski definition) is 6. The molecule has 15 heteroatoms. The fraction of sp³-hybridized carbons (Fsp3) is 0.483. The fourth-order valence-electron chi connectivity index (χ4n) is 4.96. The summed E-state index contributed by atoms with van der Waals surface area (Å²) in [5, 5.41) is 15.5. The molecule has 2 atom stereocenters. The number of amides is 3. The molecule has 0 fully saturated rings. The molecule has 0 aliphatic carbocycles. The largest absolute Gasteiger partial charge is 0.492 e. The summed E-state index contributed by atoms with van der Waals surface area (Å²) in [6.07, 6.45) is -4.69. The smallest absolute Gasteiger partial charge is 0.423 e. The molecule has 3 rings (SSSR count). The summed E-state index contributed by atoms with van der Waals surface area (Å²) in [7, 11) is -1.06. The van der Waals surface area contributed by atoms with Crippen LogP contribution < -0.4 is 33.3 Å². The van der Waals surface area contributed by atoms with Gasteiger partial charge in [0.2, 0.25) is 17.7 Å². The van der Waals surface area contributed by atoms with E-state index in [-0.39, 0.29) is 44.8 Å². The van der Waals surface area contributed by atoms with Gasteiger partial charge in [-0.2, -0.15) is 13.2 Å². The van der Waals surface area contributed by atoms with E-state index < -0.39 is 48.4 Å². The monoisotopic (exact) mass is 620 g/mol. The predicted molar refractivity (Wildman–Crippen MR) is 159 cm³/mol. The van der Waals surface area contributed by atoms with Crippen LogP contribution in [0.1, 0.15) is 48.9 Å². The number of alkyl halides is 3. The van der Waals surface area contributed by atoms with Crippen molar-refractivity contribution >= 4 is 30.3 Å². The summed E-state index contributed by atoms with van der Waals surface area (Å²) in [6.45, 7) is 4.80. The Morgan fingerprint density at radius 2 is 1.64 bits per heavy atom. The van der Waals surface area contributed by atoms with Crippen molar-refractivity contribution in [1.82, 2.24) is 15.5 Å². The van der Waals surface area contributed by atoms with Crippen LogP contribution in [0.5, 0.6) is 0 Å². The summed E-state index contributed by atoms with van der Waals surface area (Å²) >= 11 is 0. The Balaban J connectivity index is 1.71. The van der Waals surface area contributed by atoms with Crippen LogP contribution in [0.3, 0.4) is 0 Å². The number of nitrogens with two attached hydrogens (primary N) is 3. The van der Waals surface area contributed by atoms with Crippen molar-refractivity contribution in [3.63, 3.8) is 0 Å². The topological polar surface area (TPSA) is 186 Å². The van der Waals surface area contributed by atoms with E-state index in [4.69, 9.17) is 21.9 Å². The van der Waals surface area contributed by atoms with E-state index in [1.807, 2.05) is 13.8 Å². The number of fused-ring (bicyclic) bond motifs is 1. The zero-order valence-electron chi connectivity index (χ0n) is 24.8. The Kier molecular flexibility index (Phi) is 11.9. The van der Waals surface area contributed by atoms with Crippen LogP contribution in [0.2, 0.25) is 0 Å². The van der Waals surface area contributed by atoms with E-state index in [1.54, 1.807) is 18.2 Å². The van der Waals surface area contributed by atoms with Crippen molar-refractivity contribution in [2.24, 2.45) is 17.2 Å². The molecule has 3 amide bonds. The van der Waals surface area contributed by atoms with Crippen LogP contribution in [0, 0.1) is 0 Å². The molecule has 0 bridgehead atoms. The van der Waals surface area contributed by atoms with Gasteiger partial charge < -0.3 is 42.4 Å². The van der Waals surface area contributed by atoms with Crippen LogP contribution >= 0.6 is 0 Å². The maximum absolute atomic E-state index is 13.3. The zero-order valence-corrected chi connectivity index (χ0v) is 24.8. The van der Waals surface area contributed by atoms with E-state index in [9.17, 15) is 32.6 Å². The van der Waals surface area contributed by atoms with Crippen molar-refractivity contribution < 1.29 is 37.2 Å². The standard InChI is InChI=1S/C29H40BF3N6O5/c1-28(2)21-15-19(5-8-22(21)30(43)44-28)17-37-27(42)24(16-18-3-6-20(7-4-18)29(31,32)33)38-26(41)23(36)9-10-25(40)39(13-11-34)14-12-35/h3-8,15,23-24,43H,9-14,16-17,34-36H2,1-2H3,(H,37,42)(H,38,41). The van der Waals surface area contributed by atoms with Crippen molar-refractivity contribution in [1.29, 1.82) is 0 Å². The molecule has 1 aliphatic rings. The first-order chi connectivity index (χ1) is 20.7. The first kappa shape index (κ1) is 35.0. The molecular formula is C29H40BF3N6O5. The fourth-order valence-corrected chi connectivity index (χ4v) is 4.96. The molecule has 240 valence electrons. The Hall–Kier alpha value is -3.50. The van der Waals surface area contributed by atoms with Crippen LogP contribution in [-0.2, 0) is 43.8 Å². The number of hydrogen-bond acceptors (Lipinski definition) is 8.